The number of pyridine rings is 1. The summed E-state index contributed by atoms with van der Waals surface area (Å²) in [7, 11) is 0. The van der Waals surface area contributed by atoms with Gasteiger partial charge in [-0.15, -0.1) is 0 Å². The maximum atomic E-state index is 11.3. The van der Waals surface area contributed by atoms with Crippen molar-refractivity contribution in [2.24, 2.45) is 0 Å². The number of ether oxygens (including phenoxy) is 1. The lowest BCUT2D eigenvalue weighted by atomic mass is 10.1. The zero-order valence-electron chi connectivity index (χ0n) is 7.70. The normalized spacial score (nSPS) is 22.6. The Hall–Kier alpha value is -1.38. The number of carbonyl (C=O) groups excluding carboxylic acids is 1. The van der Waals surface area contributed by atoms with Gasteiger partial charge in [-0.3, -0.25) is 4.98 Å². The van der Waals surface area contributed by atoms with Crippen LogP contribution in [0.25, 0.3) is 0 Å². The topological polar surface area (TPSA) is 39.2 Å². The van der Waals surface area contributed by atoms with Gasteiger partial charge in [-0.2, -0.15) is 0 Å². The highest BCUT2D eigenvalue weighted by Crippen LogP contribution is 2.17. The van der Waals surface area contributed by atoms with Gasteiger partial charge < -0.3 is 4.74 Å². The maximum Gasteiger partial charge on any atom is 0.340 e. The van der Waals surface area contributed by atoms with E-state index in [9.17, 15) is 4.79 Å². The molecule has 0 radical (unpaired) electrons. The van der Waals surface area contributed by atoms with E-state index in [1.165, 1.54) is 6.07 Å². The third-order valence-corrected chi connectivity index (χ3v) is 1.84. The van der Waals surface area contributed by atoms with Crippen LogP contribution in [0.4, 0.5) is 0 Å². The minimum Gasteiger partial charge on any atom is -0.459 e. The number of cyclic esters (lactones) is 1. The smallest absolute Gasteiger partial charge is 0.340 e. The number of fused-ring (bicyclic) bond motifs is 1. The van der Waals surface area contributed by atoms with Gasteiger partial charge in [-0.05, 0) is 19.1 Å². The van der Waals surface area contributed by atoms with Gasteiger partial charge in [0, 0.05) is 12.6 Å². The van der Waals surface area contributed by atoms with Crippen molar-refractivity contribution >= 4 is 5.97 Å². The molecule has 0 bridgehead atoms. The molecule has 1 atom stereocenters. The fraction of sp³-hybridized carbons (Fsp3) is 0.333. The van der Waals surface area contributed by atoms with Crippen molar-refractivity contribution in [3.63, 3.8) is 0 Å². The SMILES string of the molecule is [2H]c1ccc2c(n1)CC(C)OC2=O. The first kappa shape index (κ1) is 6.17. The van der Waals surface area contributed by atoms with Crippen molar-refractivity contribution < 1.29 is 10.9 Å². The Balaban J connectivity index is 2.49. The first-order chi connectivity index (χ1) is 6.16. The first-order valence-electron chi connectivity index (χ1n) is 4.34. The molecule has 0 saturated heterocycles. The lowest BCUT2D eigenvalue weighted by Gasteiger charge is -2.19. The third-order valence-electron chi connectivity index (χ3n) is 1.84. The molecule has 62 valence electrons. The van der Waals surface area contributed by atoms with Gasteiger partial charge in [0.2, 0.25) is 0 Å². The molecule has 0 spiro atoms. The van der Waals surface area contributed by atoms with Gasteiger partial charge in [0.05, 0.1) is 12.6 Å². The van der Waals surface area contributed by atoms with Crippen LogP contribution in [0.5, 0.6) is 0 Å². The Labute approximate surface area is 71.8 Å². The molecule has 1 aromatic heterocycles. The van der Waals surface area contributed by atoms with Crippen LogP contribution in [0.2, 0.25) is 0 Å². The average Bonchev–Trinajstić information content (AvgIpc) is 2.02. The van der Waals surface area contributed by atoms with E-state index in [-0.39, 0.29) is 18.2 Å². The number of esters is 1. The minimum atomic E-state index is -0.332. The van der Waals surface area contributed by atoms with Crippen molar-refractivity contribution in [3.8, 4) is 0 Å². The third kappa shape index (κ3) is 1.07. The molecule has 12 heavy (non-hydrogen) atoms. The molecule has 0 aliphatic carbocycles. The predicted molar refractivity (Wildman–Crippen MR) is 42.8 cm³/mol. The molecule has 0 aromatic carbocycles. The molecule has 0 fully saturated rings. The van der Waals surface area contributed by atoms with Crippen molar-refractivity contribution in [1.82, 2.24) is 4.98 Å². The fourth-order valence-electron chi connectivity index (χ4n) is 1.29. The first-order valence-corrected chi connectivity index (χ1v) is 3.84. The van der Waals surface area contributed by atoms with E-state index in [1.54, 1.807) is 6.07 Å². The number of aromatic nitrogens is 1. The molecule has 1 aliphatic heterocycles. The largest absolute Gasteiger partial charge is 0.459 e. The quantitative estimate of drug-likeness (QED) is 0.540. The van der Waals surface area contributed by atoms with Crippen molar-refractivity contribution in [2.45, 2.75) is 19.4 Å². The lowest BCUT2D eigenvalue weighted by molar-refractivity contribution is 0.0297. The van der Waals surface area contributed by atoms with E-state index < -0.39 is 0 Å². The van der Waals surface area contributed by atoms with Crippen LogP contribution in [0.1, 0.15) is 24.3 Å². The van der Waals surface area contributed by atoms with Gasteiger partial charge in [-0.25, -0.2) is 4.79 Å². The Bertz CT molecular complexity index is 365. The molecule has 2 heterocycles. The summed E-state index contributed by atoms with van der Waals surface area (Å²) in [6.45, 7) is 1.82. The molecule has 0 saturated carbocycles. The number of carbonyl (C=O) groups is 1. The summed E-state index contributed by atoms with van der Waals surface area (Å²) in [6.07, 6.45) is 0.670. The number of hydrogen-bond donors (Lipinski definition) is 0. The maximum absolute atomic E-state index is 11.3. The van der Waals surface area contributed by atoms with Crippen LogP contribution in [0, 0.1) is 0 Å². The molecule has 1 aromatic rings. The van der Waals surface area contributed by atoms with Crippen molar-refractivity contribution in [2.75, 3.05) is 0 Å². The van der Waals surface area contributed by atoms with Crippen molar-refractivity contribution in [3.05, 3.63) is 29.6 Å². The van der Waals surface area contributed by atoms with Crippen LogP contribution in [-0.4, -0.2) is 17.1 Å². The highest BCUT2D eigenvalue weighted by Gasteiger charge is 2.23. The van der Waals surface area contributed by atoms with E-state index in [4.69, 9.17) is 6.11 Å². The second kappa shape index (κ2) is 2.59. The molecule has 2 rings (SSSR count). The summed E-state index contributed by atoms with van der Waals surface area (Å²) in [5.41, 5.74) is 1.17. The van der Waals surface area contributed by atoms with Crippen molar-refractivity contribution in [1.29, 1.82) is 0 Å². The fourth-order valence-corrected chi connectivity index (χ4v) is 1.29. The van der Waals surface area contributed by atoms with Gasteiger partial charge in [-0.1, -0.05) is 0 Å². The van der Waals surface area contributed by atoms with Gasteiger partial charge >= 0.3 is 5.97 Å². The second-order valence-corrected chi connectivity index (χ2v) is 2.85. The van der Waals surface area contributed by atoms with E-state index in [1.807, 2.05) is 6.92 Å². The summed E-state index contributed by atoms with van der Waals surface area (Å²) in [5.74, 6) is -0.332. The minimum absolute atomic E-state index is 0.130. The molecular weight excluding hydrogens is 154 g/mol. The molecule has 3 nitrogen and oxygen atoms in total. The predicted octanol–water partition coefficient (Wildman–Crippen LogP) is 1.18. The van der Waals surface area contributed by atoms with E-state index in [0.717, 1.165) is 0 Å². The summed E-state index contributed by atoms with van der Waals surface area (Å²) in [4.78, 5) is 15.3. The molecule has 0 N–H and O–H groups in total. The van der Waals surface area contributed by atoms with Crippen LogP contribution >= 0.6 is 0 Å². The zero-order chi connectivity index (χ0) is 9.42. The van der Waals surface area contributed by atoms with Gasteiger partial charge in [0.15, 0.2) is 0 Å². The van der Waals surface area contributed by atoms with Crippen LogP contribution in [0.3, 0.4) is 0 Å². The van der Waals surface area contributed by atoms with Crippen LogP contribution in [-0.2, 0) is 11.2 Å². The molecule has 1 unspecified atom stereocenters. The van der Waals surface area contributed by atoms with Gasteiger partial charge in [0.25, 0.3) is 0 Å². The highest BCUT2D eigenvalue weighted by molar-refractivity contribution is 5.91. The van der Waals surface area contributed by atoms with E-state index in [0.29, 0.717) is 17.7 Å². The molecule has 3 heteroatoms. The lowest BCUT2D eigenvalue weighted by Crippen LogP contribution is -2.25. The summed E-state index contributed by atoms with van der Waals surface area (Å²) < 4.78 is 12.3. The van der Waals surface area contributed by atoms with Crippen LogP contribution in [0.15, 0.2) is 18.3 Å². The van der Waals surface area contributed by atoms with Crippen LogP contribution < -0.4 is 0 Å². The Morgan fingerprint density at radius 3 is 3.50 bits per heavy atom. The Morgan fingerprint density at radius 2 is 2.67 bits per heavy atom. The molecule has 1 aliphatic rings. The molecular formula is C9H9NO2. The Kier molecular flexibility index (Phi) is 1.33. The number of nitrogens with zero attached hydrogens (tertiary/aromatic N) is 1. The number of hydrogen-bond acceptors (Lipinski definition) is 3. The Morgan fingerprint density at radius 1 is 1.83 bits per heavy atom. The van der Waals surface area contributed by atoms with E-state index in [2.05, 4.69) is 4.98 Å². The monoisotopic (exact) mass is 164 g/mol. The summed E-state index contributed by atoms with van der Waals surface area (Å²) in [5, 5.41) is 0. The highest BCUT2D eigenvalue weighted by atomic mass is 16.5. The average molecular weight is 164 g/mol. The van der Waals surface area contributed by atoms with Gasteiger partial charge in [0.1, 0.15) is 6.10 Å². The molecule has 0 amide bonds. The summed E-state index contributed by atoms with van der Waals surface area (Å²) in [6, 6.07) is 3.09. The zero-order valence-corrected chi connectivity index (χ0v) is 6.70. The van der Waals surface area contributed by atoms with E-state index >= 15 is 0 Å². The summed E-state index contributed by atoms with van der Waals surface area (Å²) >= 11 is 0. The standard InChI is InChI=1S/C9H9NO2/c1-6-5-8-7(9(11)12-6)3-2-4-10-8/h2-4,6H,5H2,1H3/i4D. The number of rotatable bonds is 0. The second-order valence-electron chi connectivity index (χ2n) is 2.85.